The van der Waals surface area contributed by atoms with Crippen LogP contribution in [0.25, 0.3) is 11.6 Å². The highest BCUT2D eigenvalue weighted by Gasteiger charge is 2.36. The monoisotopic (exact) mass is 335 g/mol. The minimum absolute atomic E-state index is 0.147. The van der Waals surface area contributed by atoms with E-state index in [0.717, 1.165) is 44.1 Å². The van der Waals surface area contributed by atoms with E-state index in [0.29, 0.717) is 0 Å². The molecular formula is C20H25N5. The molecular weight excluding hydrogens is 310 g/mol. The summed E-state index contributed by atoms with van der Waals surface area (Å²) >= 11 is 0. The zero-order valence-corrected chi connectivity index (χ0v) is 15.0. The predicted molar refractivity (Wildman–Crippen MR) is 99.3 cm³/mol. The van der Waals surface area contributed by atoms with Crippen LogP contribution < -0.4 is 0 Å². The van der Waals surface area contributed by atoms with Crippen LogP contribution in [-0.4, -0.2) is 44.1 Å². The molecule has 1 saturated heterocycles. The van der Waals surface area contributed by atoms with Crippen LogP contribution in [0.4, 0.5) is 0 Å². The first-order valence-corrected chi connectivity index (χ1v) is 8.91. The second-order valence-corrected chi connectivity index (χ2v) is 7.19. The molecule has 0 amide bonds. The molecule has 0 aliphatic carbocycles. The molecule has 0 saturated carbocycles. The molecule has 4 rings (SSSR count). The standard InChI is InChI=1S/C20H25N5/c1-23-12-8-20(9-13-23,17-6-4-3-5-7-17)16-25-15-11-22-19(25)18-21-10-14-24(18)2/h3-7,10-11,14-15H,8-9,12-13,16H2,1-2H3. The number of aryl methyl sites for hydroxylation is 1. The first-order valence-electron chi connectivity index (χ1n) is 8.91. The molecule has 1 aliphatic rings. The van der Waals surface area contributed by atoms with E-state index in [1.165, 1.54) is 5.56 Å². The maximum Gasteiger partial charge on any atom is 0.176 e. The Morgan fingerprint density at radius 3 is 2.28 bits per heavy atom. The first-order chi connectivity index (χ1) is 12.2. The smallest absolute Gasteiger partial charge is 0.176 e. The van der Waals surface area contributed by atoms with Crippen LogP contribution in [0.5, 0.6) is 0 Å². The normalized spacial score (nSPS) is 17.7. The third kappa shape index (κ3) is 3.00. The average molecular weight is 335 g/mol. The maximum absolute atomic E-state index is 4.59. The van der Waals surface area contributed by atoms with Crippen molar-refractivity contribution in [3.8, 4) is 11.6 Å². The van der Waals surface area contributed by atoms with Gasteiger partial charge in [0.25, 0.3) is 0 Å². The number of hydrogen-bond acceptors (Lipinski definition) is 3. The topological polar surface area (TPSA) is 38.9 Å². The van der Waals surface area contributed by atoms with Crippen molar-refractivity contribution in [3.05, 3.63) is 60.7 Å². The molecule has 0 bridgehead atoms. The second-order valence-electron chi connectivity index (χ2n) is 7.19. The number of benzene rings is 1. The van der Waals surface area contributed by atoms with E-state index in [9.17, 15) is 0 Å². The summed E-state index contributed by atoms with van der Waals surface area (Å²) in [4.78, 5) is 11.5. The van der Waals surface area contributed by atoms with E-state index in [4.69, 9.17) is 0 Å². The molecule has 0 N–H and O–H groups in total. The first kappa shape index (κ1) is 16.1. The minimum Gasteiger partial charge on any atom is -0.331 e. The van der Waals surface area contributed by atoms with Crippen molar-refractivity contribution in [2.24, 2.45) is 7.05 Å². The van der Waals surface area contributed by atoms with Crippen molar-refractivity contribution in [1.82, 2.24) is 24.0 Å². The lowest BCUT2D eigenvalue weighted by Gasteiger charge is -2.41. The molecule has 0 unspecified atom stereocenters. The Hall–Kier alpha value is -2.40. The third-order valence-corrected chi connectivity index (χ3v) is 5.54. The Morgan fingerprint density at radius 1 is 0.920 bits per heavy atom. The van der Waals surface area contributed by atoms with Gasteiger partial charge in [-0.15, -0.1) is 0 Å². The van der Waals surface area contributed by atoms with Crippen LogP contribution in [0.3, 0.4) is 0 Å². The summed E-state index contributed by atoms with van der Waals surface area (Å²) in [6, 6.07) is 11.0. The highest BCUT2D eigenvalue weighted by Crippen LogP contribution is 2.37. The van der Waals surface area contributed by atoms with E-state index >= 15 is 0 Å². The Labute approximate surface area is 148 Å². The van der Waals surface area contributed by atoms with Gasteiger partial charge in [0.1, 0.15) is 0 Å². The average Bonchev–Trinajstić information content (AvgIpc) is 3.26. The zero-order chi connectivity index (χ0) is 17.3. The molecule has 3 aromatic rings. The fourth-order valence-corrected chi connectivity index (χ4v) is 3.93. The number of rotatable bonds is 4. The summed E-state index contributed by atoms with van der Waals surface area (Å²) in [6.45, 7) is 3.19. The molecule has 3 heterocycles. The van der Waals surface area contributed by atoms with Gasteiger partial charge in [-0.05, 0) is 38.5 Å². The lowest BCUT2D eigenvalue weighted by atomic mass is 9.72. The predicted octanol–water partition coefficient (Wildman–Crippen LogP) is 2.95. The molecule has 0 spiro atoms. The summed E-state index contributed by atoms with van der Waals surface area (Å²) < 4.78 is 4.31. The molecule has 1 fully saturated rings. The maximum atomic E-state index is 4.59. The van der Waals surface area contributed by atoms with Gasteiger partial charge in [0.05, 0.1) is 0 Å². The highest BCUT2D eigenvalue weighted by molar-refractivity contribution is 5.45. The lowest BCUT2D eigenvalue weighted by Crippen LogP contribution is -2.43. The summed E-state index contributed by atoms with van der Waals surface area (Å²) in [5.74, 6) is 1.86. The Balaban J connectivity index is 1.72. The second kappa shape index (κ2) is 6.48. The summed E-state index contributed by atoms with van der Waals surface area (Å²) in [5.41, 5.74) is 1.58. The highest BCUT2D eigenvalue weighted by atomic mass is 15.2. The summed E-state index contributed by atoms with van der Waals surface area (Å²) in [5, 5.41) is 0. The van der Waals surface area contributed by atoms with Crippen molar-refractivity contribution in [1.29, 1.82) is 0 Å². The van der Waals surface area contributed by atoms with Crippen LogP contribution in [0.1, 0.15) is 18.4 Å². The van der Waals surface area contributed by atoms with Crippen molar-refractivity contribution < 1.29 is 0 Å². The van der Waals surface area contributed by atoms with Crippen molar-refractivity contribution >= 4 is 0 Å². The van der Waals surface area contributed by atoms with Crippen molar-refractivity contribution in [3.63, 3.8) is 0 Å². The quantitative estimate of drug-likeness (QED) is 0.736. The van der Waals surface area contributed by atoms with Crippen LogP contribution >= 0.6 is 0 Å². The Morgan fingerprint density at radius 2 is 1.60 bits per heavy atom. The number of likely N-dealkylation sites (tertiary alicyclic amines) is 1. The van der Waals surface area contributed by atoms with Crippen LogP contribution in [0.15, 0.2) is 55.1 Å². The van der Waals surface area contributed by atoms with Gasteiger partial charge < -0.3 is 14.0 Å². The lowest BCUT2D eigenvalue weighted by molar-refractivity contribution is 0.170. The number of aromatic nitrogens is 4. The van der Waals surface area contributed by atoms with Crippen LogP contribution in [-0.2, 0) is 19.0 Å². The summed E-state index contributed by atoms with van der Waals surface area (Å²) in [6.07, 6.45) is 10.1. The number of nitrogens with zero attached hydrogens (tertiary/aromatic N) is 5. The molecule has 25 heavy (non-hydrogen) atoms. The van der Waals surface area contributed by atoms with Crippen LogP contribution in [0, 0.1) is 0 Å². The largest absolute Gasteiger partial charge is 0.331 e. The number of piperidine rings is 1. The summed E-state index contributed by atoms with van der Waals surface area (Å²) in [7, 11) is 4.23. The van der Waals surface area contributed by atoms with Gasteiger partial charge >= 0.3 is 0 Å². The van der Waals surface area contributed by atoms with E-state index in [1.54, 1.807) is 0 Å². The molecule has 1 aliphatic heterocycles. The minimum atomic E-state index is 0.147. The van der Waals surface area contributed by atoms with E-state index in [1.807, 2.05) is 30.2 Å². The fraction of sp³-hybridized carbons (Fsp3) is 0.400. The molecule has 0 radical (unpaired) electrons. The zero-order valence-electron chi connectivity index (χ0n) is 15.0. The Kier molecular flexibility index (Phi) is 4.17. The van der Waals surface area contributed by atoms with Gasteiger partial charge in [0.2, 0.25) is 0 Å². The molecule has 5 heteroatoms. The SMILES string of the molecule is CN1CCC(Cn2ccnc2-c2nccn2C)(c2ccccc2)CC1. The molecule has 130 valence electrons. The van der Waals surface area contributed by atoms with Gasteiger partial charge in [0.15, 0.2) is 11.6 Å². The van der Waals surface area contributed by atoms with E-state index < -0.39 is 0 Å². The third-order valence-electron chi connectivity index (χ3n) is 5.54. The molecule has 1 aromatic carbocycles. The van der Waals surface area contributed by atoms with Gasteiger partial charge in [-0.2, -0.15) is 0 Å². The van der Waals surface area contributed by atoms with Gasteiger partial charge in [-0.1, -0.05) is 30.3 Å². The van der Waals surface area contributed by atoms with Crippen molar-refractivity contribution in [2.75, 3.05) is 20.1 Å². The molecule has 5 nitrogen and oxygen atoms in total. The van der Waals surface area contributed by atoms with Gasteiger partial charge in [-0.3, -0.25) is 0 Å². The van der Waals surface area contributed by atoms with Crippen molar-refractivity contribution in [2.45, 2.75) is 24.8 Å². The van der Waals surface area contributed by atoms with Crippen LogP contribution in [0.2, 0.25) is 0 Å². The fourth-order valence-electron chi connectivity index (χ4n) is 3.93. The number of imidazole rings is 2. The molecule has 0 atom stereocenters. The van der Waals surface area contributed by atoms with E-state index in [2.05, 4.69) is 63.0 Å². The Bertz CT molecular complexity index is 825. The number of hydrogen-bond donors (Lipinski definition) is 0. The molecule has 2 aromatic heterocycles. The van der Waals surface area contributed by atoms with Gasteiger partial charge in [0, 0.05) is 43.8 Å². The van der Waals surface area contributed by atoms with E-state index in [-0.39, 0.29) is 5.41 Å². The van der Waals surface area contributed by atoms with Gasteiger partial charge in [-0.25, -0.2) is 9.97 Å².